The summed E-state index contributed by atoms with van der Waals surface area (Å²) in [5.74, 6) is -4.77. The summed E-state index contributed by atoms with van der Waals surface area (Å²) in [4.78, 5) is 1.97. The number of hydrogen-bond acceptors (Lipinski definition) is 3. The van der Waals surface area contributed by atoms with Gasteiger partial charge in [-0.1, -0.05) is 6.08 Å². The van der Waals surface area contributed by atoms with E-state index in [-0.39, 0.29) is 5.56 Å². The molecule has 1 atom stereocenters. The van der Waals surface area contributed by atoms with E-state index in [1.165, 1.54) is 0 Å². The normalized spacial score (nSPS) is 17.7. The van der Waals surface area contributed by atoms with Gasteiger partial charge in [0, 0.05) is 43.9 Å². The van der Waals surface area contributed by atoms with E-state index < -0.39 is 29.2 Å². The number of phenols is 1. The molecule has 1 aliphatic heterocycles. The summed E-state index contributed by atoms with van der Waals surface area (Å²) in [6.45, 7) is 6.40. The smallest absolute Gasteiger partial charge is 0.195 e. The van der Waals surface area contributed by atoms with Gasteiger partial charge < -0.3 is 10.4 Å². The number of rotatable bonds is 5. The number of nitrogens with one attached hydrogen (secondary N) is 1. The third-order valence-corrected chi connectivity index (χ3v) is 3.75. The lowest BCUT2D eigenvalue weighted by Gasteiger charge is -2.35. The van der Waals surface area contributed by atoms with E-state index in [4.69, 9.17) is 0 Å². The molecule has 1 aromatic rings. The Hall–Kier alpha value is -1.53. The predicted molar refractivity (Wildman–Crippen MR) is 74.6 cm³/mol. The van der Waals surface area contributed by atoms with Gasteiger partial charge in [-0.05, 0) is 12.8 Å². The molecule has 3 nitrogen and oxygen atoms in total. The van der Waals surface area contributed by atoms with Crippen LogP contribution < -0.4 is 5.32 Å². The Balaban J connectivity index is 2.40. The Kier molecular flexibility index (Phi) is 5.25. The van der Waals surface area contributed by atoms with Crippen molar-refractivity contribution in [2.24, 2.45) is 0 Å². The summed E-state index contributed by atoms with van der Waals surface area (Å²) < 4.78 is 40.8. The molecular weight excluding hydrogens is 281 g/mol. The van der Waals surface area contributed by atoms with Gasteiger partial charge >= 0.3 is 0 Å². The van der Waals surface area contributed by atoms with E-state index in [1.807, 2.05) is 4.90 Å². The molecule has 116 valence electrons. The van der Waals surface area contributed by atoms with E-state index in [1.54, 1.807) is 6.08 Å². The van der Waals surface area contributed by atoms with Gasteiger partial charge in [0.05, 0.1) is 0 Å². The summed E-state index contributed by atoms with van der Waals surface area (Å²) >= 11 is 0. The Bertz CT molecular complexity index is 516. The minimum Gasteiger partial charge on any atom is -0.507 e. The van der Waals surface area contributed by atoms with Crippen LogP contribution in [-0.4, -0.2) is 36.2 Å². The maximum atomic E-state index is 14.1. The second-order valence-electron chi connectivity index (χ2n) is 5.09. The van der Waals surface area contributed by atoms with Crippen molar-refractivity contribution >= 4 is 0 Å². The van der Waals surface area contributed by atoms with Gasteiger partial charge in [0.25, 0.3) is 0 Å². The van der Waals surface area contributed by atoms with Crippen molar-refractivity contribution in [2.75, 3.05) is 26.2 Å². The van der Waals surface area contributed by atoms with Gasteiger partial charge in [-0.3, -0.25) is 4.90 Å². The van der Waals surface area contributed by atoms with Crippen molar-refractivity contribution in [1.29, 1.82) is 0 Å². The van der Waals surface area contributed by atoms with Crippen LogP contribution in [0.4, 0.5) is 13.2 Å². The highest BCUT2D eigenvalue weighted by molar-refractivity contribution is 5.37. The van der Waals surface area contributed by atoms with Gasteiger partial charge in [0.15, 0.2) is 17.5 Å². The quantitative estimate of drug-likeness (QED) is 0.648. The minimum atomic E-state index is -1.54. The lowest BCUT2D eigenvalue weighted by Crippen LogP contribution is -2.45. The summed E-state index contributed by atoms with van der Waals surface area (Å²) in [7, 11) is 0. The van der Waals surface area contributed by atoms with Crippen LogP contribution in [0.15, 0.2) is 18.7 Å². The van der Waals surface area contributed by atoms with E-state index in [0.717, 1.165) is 13.1 Å². The summed E-state index contributed by atoms with van der Waals surface area (Å²) in [6, 6.07) is 0.136. The van der Waals surface area contributed by atoms with Crippen LogP contribution in [0.2, 0.25) is 0 Å². The van der Waals surface area contributed by atoms with Gasteiger partial charge in [0.2, 0.25) is 0 Å². The number of nitrogens with zero attached hydrogens (tertiary/aromatic N) is 1. The molecule has 1 aromatic carbocycles. The lowest BCUT2D eigenvalue weighted by molar-refractivity contribution is 0.159. The Morgan fingerprint density at radius 1 is 1.29 bits per heavy atom. The molecular formula is C15H19F3N2O. The number of hydrogen-bond donors (Lipinski definition) is 2. The summed E-state index contributed by atoms with van der Waals surface area (Å²) in [5, 5.41) is 13.1. The zero-order chi connectivity index (χ0) is 15.4. The highest BCUT2D eigenvalue weighted by Crippen LogP contribution is 2.36. The van der Waals surface area contributed by atoms with Crippen LogP contribution in [-0.2, 0) is 0 Å². The molecule has 1 heterocycles. The molecule has 0 bridgehead atoms. The van der Waals surface area contributed by atoms with Gasteiger partial charge in [-0.2, -0.15) is 0 Å². The van der Waals surface area contributed by atoms with Crippen LogP contribution >= 0.6 is 0 Å². The molecule has 1 saturated heterocycles. The number of aromatic hydroxyl groups is 1. The van der Waals surface area contributed by atoms with Crippen LogP contribution in [0.3, 0.4) is 0 Å². The number of allylic oxidation sites excluding steroid dienone is 1. The van der Waals surface area contributed by atoms with Gasteiger partial charge in [-0.25, -0.2) is 13.2 Å². The Morgan fingerprint density at radius 2 is 1.95 bits per heavy atom. The number of halogens is 3. The van der Waals surface area contributed by atoms with Crippen LogP contribution in [0.25, 0.3) is 0 Å². The highest BCUT2D eigenvalue weighted by atomic mass is 19.2. The first kappa shape index (κ1) is 15.9. The monoisotopic (exact) mass is 300 g/mol. The van der Waals surface area contributed by atoms with Crippen molar-refractivity contribution in [2.45, 2.75) is 18.9 Å². The zero-order valence-electron chi connectivity index (χ0n) is 11.7. The van der Waals surface area contributed by atoms with Crippen LogP contribution in [0.5, 0.6) is 5.75 Å². The number of phenolic OH excluding ortho intramolecular Hbond substituents is 1. The maximum Gasteiger partial charge on any atom is 0.195 e. The molecule has 2 N–H and O–H groups in total. The maximum absolute atomic E-state index is 14.1. The molecule has 0 amide bonds. The van der Waals surface area contributed by atoms with E-state index in [0.29, 0.717) is 32.0 Å². The summed E-state index contributed by atoms with van der Waals surface area (Å²) in [5.41, 5.74) is -0.169. The molecule has 0 radical (unpaired) electrons. The first-order valence-corrected chi connectivity index (χ1v) is 6.98. The molecule has 0 aromatic heterocycles. The number of piperazine rings is 1. The zero-order valence-corrected chi connectivity index (χ0v) is 11.7. The molecule has 1 fully saturated rings. The van der Waals surface area contributed by atoms with E-state index >= 15 is 0 Å². The minimum absolute atomic E-state index is 0.169. The van der Waals surface area contributed by atoms with Crippen molar-refractivity contribution in [3.63, 3.8) is 0 Å². The first-order chi connectivity index (χ1) is 10.1. The Labute approximate surface area is 122 Å². The Morgan fingerprint density at radius 3 is 2.57 bits per heavy atom. The highest BCUT2D eigenvalue weighted by Gasteiger charge is 2.29. The van der Waals surface area contributed by atoms with Crippen LogP contribution in [0.1, 0.15) is 24.4 Å². The fraction of sp³-hybridized carbons (Fsp3) is 0.467. The summed E-state index contributed by atoms with van der Waals surface area (Å²) in [6.07, 6.45) is 2.76. The fourth-order valence-electron chi connectivity index (χ4n) is 2.69. The third kappa shape index (κ3) is 3.39. The molecule has 0 spiro atoms. The topological polar surface area (TPSA) is 35.5 Å². The molecule has 6 heteroatoms. The lowest BCUT2D eigenvalue weighted by atomic mass is 9.97. The second kappa shape index (κ2) is 6.95. The second-order valence-corrected chi connectivity index (χ2v) is 5.09. The van der Waals surface area contributed by atoms with Gasteiger partial charge in [-0.15, -0.1) is 6.58 Å². The molecule has 2 rings (SSSR count). The van der Waals surface area contributed by atoms with E-state index in [2.05, 4.69) is 11.9 Å². The molecule has 0 aliphatic carbocycles. The third-order valence-electron chi connectivity index (χ3n) is 3.75. The van der Waals surface area contributed by atoms with Crippen molar-refractivity contribution in [1.82, 2.24) is 10.2 Å². The SMILES string of the molecule is C=CCC[C@H](c1c(O)cc(F)c(F)c1F)N1CCNCC1. The largest absolute Gasteiger partial charge is 0.507 e. The van der Waals surface area contributed by atoms with E-state index in [9.17, 15) is 18.3 Å². The standard InChI is InChI=1S/C15H19F3N2O/c1-2-3-4-11(20-7-5-19-6-8-20)13-12(21)9-10(16)14(17)15(13)18/h2,9,11,19,21H,1,3-8H2/t11-/m1/s1. The molecule has 0 unspecified atom stereocenters. The molecule has 1 aliphatic rings. The molecule has 0 saturated carbocycles. The van der Waals surface area contributed by atoms with Gasteiger partial charge in [0.1, 0.15) is 5.75 Å². The average Bonchev–Trinajstić information content (AvgIpc) is 2.49. The van der Waals surface area contributed by atoms with Crippen molar-refractivity contribution in [3.8, 4) is 5.75 Å². The first-order valence-electron chi connectivity index (χ1n) is 6.98. The van der Waals surface area contributed by atoms with Crippen molar-refractivity contribution < 1.29 is 18.3 Å². The molecule has 21 heavy (non-hydrogen) atoms. The number of benzene rings is 1. The predicted octanol–water partition coefficient (Wildman–Crippen LogP) is 2.72. The fourth-order valence-corrected chi connectivity index (χ4v) is 2.69. The van der Waals surface area contributed by atoms with Crippen molar-refractivity contribution in [3.05, 3.63) is 41.7 Å². The average molecular weight is 300 g/mol. The van der Waals surface area contributed by atoms with Crippen LogP contribution in [0, 0.1) is 17.5 Å².